The summed E-state index contributed by atoms with van der Waals surface area (Å²) in [6.45, 7) is 3.52. The molecule has 0 spiro atoms. The molecular weight excluding hydrogens is 372 g/mol. The fourth-order valence-electron chi connectivity index (χ4n) is 3.12. The molecular formula is C18H20N2O2S3. The second kappa shape index (κ2) is 6.78. The predicted octanol–water partition coefficient (Wildman–Crippen LogP) is 4.28. The number of para-hydroxylation sites is 1. The molecule has 0 amide bonds. The van der Waals surface area contributed by atoms with Crippen LogP contribution in [0.2, 0.25) is 0 Å². The summed E-state index contributed by atoms with van der Waals surface area (Å²) in [7, 11) is -3.58. The van der Waals surface area contributed by atoms with E-state index in [1.54, 1.807) is 40.0 Å². The van der Waals surface area contributed by atoms with Crippen LogP contribution in [0.4, 0.5) is 11.4 Å². The summed E-state index contributed by atoms with van der Waals surface area (Å²) in [4.78, 5) is 2.50. The molecule has 0 bridgehead atoms. The Balaban J connectivity index is 1.77. The van der Waals surface area contributed by atoms with Crippen LogP contribution in [-0.2, 0) is 10.0 Å². The molecule has 4 nitrogen and oxygen atoms in total. The minimum atomic E-state index is -3.58. The van der Waals surface area contributed by atoms with Gasteiger partial charge in [-0.05, 0) is 36.8 Å². The third-order valence-corrected chi connectivity index (χ3v) is 8.54. The van der Waals surface area contributed by atoms with Gasteiger partial charge in [-0.25, -0.2) is 8.42 Å². The summed E-state index contributed by atoms with van der Waals surface area (Å²) in [5.74, 6) is 1.01. The topological polar surface area (TPSA) is 49.4 Å². The van der Waals surface area contributed by atoms with Crippen LogP contribution in [0.15, 0.2) is 57.2 Å². The Morgan fingerprint density at radius 3 is 2.88 bits per heavy atom. The van der Waals surface area contributed by atoms with Crippen molar-refractivity contribution < 1.29 is 8.42 Å². The van der Waals surface area contributed by atoms with Crippen molar-refractivity contribution in [1.82, 2.24) is 0 Å². The molecule has 0 aromatic heterocycles. The van der Waals surface area contributed by atoms with Crippen LogP contribution in [0.25, 0.3) is 0 Å². The van der Waals surface area contributed by atoms with Gasteiger partial charge in [-0.1, -0.05) is 19.1 Å². The van der Waals surface area contributed by atoms with Gasteiger partial charge >= 0.3 is 0 Å². The minimum absolute atomic E-state index is 0.357. The molecule has 25 heavy (non-hydrogen) atoms. The second-order valence-corrected chi connectivity index (χ2v) is 10.7. The van der Waals surface area contributed by atoms with E-state index in [1.165, 1.54) is 0 Å². The lowest BCUT2D eigenvalue weighted by molar-refractivity contribution is 0.589. The van der Waals surface area contributed by atoms with E-state index < -0.39 is 10.0 Å². The molecule has 0 saturated heterocycles. The number of anilines is 2. The first-order valence-electron chi connectivity index (χ1n) is 8.35. The standard InChI is InChI=1S/C18H20N2O2S3/c1-13-8-10-20(16-4-2-3-5-18(16)24-13)25(21,22)14-6-7-17-15(12-14)19-9-11-23-17/h2-7,12-13,19H,8-11H2,1H3. The van der Waals surface area contributed by atoms with Gasteiger partial charge in [0.2, 0.25) is 0 Å². The Hall–Kier alpha value is -1.31. The first-order valence-corrected chi connectivity index (χ1v) is 11.7. The molecule has 132 valence electrons. The van der Waals surface area contributed by atoms with Crippen LogP contribution in [0, 0.1) is 0 Å². The number of rotatable bonds is 2. The van der Waals surface area contributed by atoms with Crippen LogP contribution in [0.3, 0.4) is 0 Å². The van der Waals surface area contributed by atoms with Crippen molar-refractivity contribution in [2.24, 2.45) is 0 Å². The van der Waals surface area contributed by atoms with Crippen molar-refractivity contribution in [2.75, 3.05) is 28.5 Å². The molecule has 0 saturated carbocycles. The van der Waals surface area contributed by atoms with Crippen LogP contribution in [0.5, 0.6) is 0 Å². The second-order valence-electron chi connectivity index (χ2n) is 6.20. The fraction of sp³-hybridized carbons (Fsp3) is 0.333. The number of hydrogen-bond donors (Lipinski definition) is 1. The normalized spacial score (nSPS) is 20.2. The van der Waals surface area contributed by atoms with Gasteiger partial charge in [-0.3, -0.25) is 4.31 Å². The zero-order valence-corrected chi connectivity index (χ0v) is 16.4. The molecule has 0 radical (unpaired) electrons. The zero-order chi connectivity index (χ0) is 17.4. The van der Waals surface area contributed by atoms with Crippen LogP contribution >= 0.6 is 23.5 Å². The number of hydrogen-bond acceptors (Lipinski definition) is 5. The van der Waals surface area contributed by atoms with Gasteiger partial charge < -0.3 is 5.32 Å². The van der Waals surface area contributed by atoms with Crippen molar-refractivity contribution in [3.8, 4) is 0 Å². The van der Waals surface area contributed by atoms with Crippen molar-refractivity contribution >= 4 is 44.9 Å². The lowest BCUT2D eigenvalue weighted by Crippen LogP contribution is -2.32. The Kier molecular flexibility index (Phi) is 4.64. The summed E-state index contributed by atoms with van der Waals surface area (Å²) >= 11 is 3.51. The Bertz CT molecular complexity index is 899. The van der Waals surface area contributed by atoms with Crippen molar-refractivity contribution in [3.05, 3.63) is 42.5 Å². The van der Waals surface area contributed by atoms with E-state index in [2.05, 4.69) is 12.2 Å². The number of thioether (sulfide) groups is 2. The van der Waals surface area contributed by atoms with E-state index >= 15 is 0 Å². The highest BCUT2D eigenvalue weighted by Gasteiger charge is 2.30. The van der Waals surface area contributed by atoms with Gasteiger partial charge in [0, 0.05) is 39.6 Å². The molecule has 4 rings (SSSR count). The summed E-state index contributed by atoms with van der Waals surface area (Å²) < 4.78 is 28.3. The van der Waals surface area contributed by atoms with E-state index in [-0.39, 0.29) is 0 Å². The van der Waals surface area contributed by atoms with Crippen LogP contribution in [-0.4, -0.2) is 32.5 Å². The maximum Gasteiger partial charge on any atom is 0.264 e. The molecule has 2 heterocycles. The first-order chi connectivity index (χ1) is 12.1. The van der Waals surface area contributed by atoms with Gasteiger partial charge in [-0.15, -0.1) is 23.5 Å². The molecule has 1 unspecified atom stereocenters. The lowest BCUT2D eigenvalue weighted by atomic mass is 10.3. The van der Waals surface area contributed by atoms with E-state index in [9.17, 15) is 8.42 Å². The van der Waals surface area contributed by atoms with Crippen LogP contribution in [0.1, 0.15) is 13.3 Å². The van der Waals surface area contributed by atoms with E-state index in [4.69, 9.17) is 0 Å². The predicted molar refractivity (Wildman–Crippen MR) is 107 cm³/mol. The summed E-state index contributed by atoms with van der Waals surface area (Å²) in [5, 5.41) is 3.70. The molecule has 2 aromatic carbocycles. The Morgan fingerprint density at radius 1 is 1.16 bits per heavy atom. The summed E-state index contributed by atoms with van der Waals surface area (Å²) in [6.07, 6.45) is 0.831. The van der Waals surface area contributed by atoms with Crippen LogP contribution < -0.4 is 9.62 Å². The third-order valence-electron chi connectivity index (χ3n) is 4.41. The molecule has 2 aliphatic heterocycles. The van der Waals surface area contributed by atoms with Crippen molar-refractivity contribution in [1.29, 1.82) is 0 Å². The number of nitrogens with one attached hydrogen (secondary N) is 1. The van der Waals surface area contributed by atoms with E-state index in [0.29, 0.717) is 16.7 Å². The summed E-state index contributed by atoms with van der Waals surface area (Å²) in [6, 6.07) is 13.2. The number of nitrogens with zero attached hydrogens (tertiary/aromatic N) is 1. The van der Waals surface area contributed by atoms with Gasteiger partial charge in [0.05, 0.1) is 10.6 Å². The quantitative estimate of drug-likeness (QED) is 0.826. The number of fused-ring (bicyclic) bond motifs is 2. The first kappa shape index (κ1) is 17.1. The van der Waals surface area contributed by atoms with Gasteiger partial charge in [0.1, 0.15) is 0 Å². The SMILES string of the molecule is CC1CCN(S(=O)(=O)c2ccc3c(c2)NCCS3)c2ccccc2S1. The highest BCUT2D eigenvalue weighted by molar-refractivity contribution is 8.00. The van der Waals surface area contributed by atoms with Gasteiger partial charge in [0.15, 0.2) is 0 Å². The Labute approximate surface area is 157 Å². The van der Waals surface area contributed by atoms with E-state index in [1.807, 2.05) is 30.3 Å². The van der Waals surface area contributed by atoms with E-state index in [0.717, 1.165) is 39.9 Å². The van der Waals surface area contributed by atoms with Crippen molar-refractivity contribution in [2.45, 2.75) is 33.3 Å². The average molecular weight is 393 g/mol. The Morgan fingerprint density at radius 2 is 2.00 bits per heavy atom. The molecule has 1 N–H and O–H groups in total. The molecule has 1 atom stereocenters. The van der Waals surface area contributed by atoms with Crippen molar-refractivity contribution in [3.63, 3.8) is 0 Å². The summed E-state index contributed by atoms with van der Waals surface area (Å²) in [5.41, 5.74) is 1.71. The minimum Gasteiger partial charge on any atom is -0.383 e. The zero-order valence-electron chi connectivity index (χ0n) is 13.9. The monoisotopic (exact) mass is 392 g/mol. The largest absolute Gasteiger partial charge is 0.383 e. The third kappa shape index (κ3) is 3.25. The molecule has 0 fully saturated rings. The fourth-order valence-corrected chi connectivity index (χ4v) is 6.69. The smallest absolute Gasteiger partial charge is 0.264 e. The molecule has 7 heteroatoms. The highest BCUT2D eigenvalue weighted by atomic mass is 32.2. The average Bonchev–Trinajstić information content (AvgIpc) is 2.79. The van der Waals surface area contributed by atoms with Gasteiger partial charge in [0.25, 0.3) is 10.0 Å². The molecule has 2 aliphatic rings. The maximum atomic E-state index is 13.4. The maximum absolute atomic E-state index is 13.4. The highest BCUT2D eigenvalue weighted by Crippen LogP contribution is 2.40. The van der Waals surface area contributed by atoms with Gasteiger partial charge in [-0.2, -0.15) is 0 Å². The molecule has 0 aliphatic carbocycles. The molecule has 2 aromatic rings. The number of sulfonamides is 1. The number of benzene rings is 2. The lowest BCUT2D eigenvalue weighted by Gasteiger charge is -2.25.